The summed E-state index contributed by atoms with van der Waals surface area (Å²) >= 11 is 0. The quantitative estimate of drug-likeness (QED) is 0.648. The topological polar surface area (TPSA) is 95.1 Å². The van der Waals surface area contributed by atoms with E-state index in [1.165, 1.54) is 0 Å². The number of rotatable bonds is 7. The highest BCUT2D eigenvalue weighted by molar-refractivity contribution is 5.78. The first-order chi connectivity index (χ1) is 8.09. The van der Waals surface area contributed by atoms with Crippen LogP contribution in [0, 0.1) is 5.92 Å². The minimum Gasteiger partial charge on any atom is -0.481 e. The molecule has 0 spiro atoms. The van der Waals surface area contributed by atoms with Crippen molar-refractivity contribution < 1.29 is 14.7 Å². The van der Waals surface area contributed by atoms with Crippen LogP contribution in [0.3, 0.4) is 0 Å². The van der Waals surface area contributed by atoms with Crippen molar-refractivity contribution >= 4 is 11.9 Å². The van der Waals surface area contributed by atoms with Crippen LogP contribution in [0.2, 0.25) is 0 Å². The first-order valence-corrected chi connectivity index (χ1v) is 5.56. The highest BCUT2D eigenvalue weighted by atomic mass is 16.4. The number of imidazole rings is 1. The molecule has 3 N–H and O–H groups in total. The lowest BCUT2D eigenvalue weighted by atomic mass is 10.1. The van der Waals surface area contributed by atoms with Crippen LogP contribution < -0.4 is 5.32 Å². The van der Waals surface area contributed by atoms with Crippen molar-refractivity contribution in [3.63, 3.8) is 0 Å². The number of aromatic nitrogens is 2. The number of nitrogens with one attached hydrogen (secondary N) is 2. The van der Waals surface area contributed by atoms with E-state index in [0.29, 0.717) is 19.4 Å². The molecule has 1 aromatic heterocycles. The van der Waals surface area contributed by atoms with Crippen molar-refractivity contribution in [2.45, 2.75) is 26.2 Å². The summed E-state index contributed by atoms with van der Waals surface area (Å²) in [4.78, 5) is 28.8. The number of hydrogen-bond donors (Lipinski definition) is 3. The first-order valence-electron chi connectivity index (χ1n) is 5.56. The number of carbonyl (C=O) groups is 2. The minimum absolute atomic E-state index is 0.0218. The van der Waals surface area contributed by atoms with Gasteiger partial charge in [0.1, 0.15) is 0 Å². The summed E-state index contributed by atoms with van der Waals surface area (Å²) in [5.74, 6) is -1.26. The number of H-pyrrole nitrogens is 1. The number of aromatic amines is 1. The Kier molecular flexibility index (Phi) is 5.19. The predicted octanol–water partition coefficient (Wildman–Crippen LogP) is 0.569. The van der Waals surface area contributed by atoms with Gasteiger partial charge in [0, 0.05) is 31.5 Å². The van der Waals surface area contributed by atoms with Crippen LogP contribution in [0.1, 0.15) is 25.5 Å². The lowest BCUT2D eigenvalue weighted by molar-refractivity contribution is -0.137. The van der Waals surface area contributed by atoms with Gasteiger partial charge >= 0.3 is 5.97 Å². The van der Waals surface area contributed by atoms with Gasteiger partial charge in [0.05, 0.1) is 12.0 Å². The molecular weight excluding hydrogens is 222 g/mol. The van der Waals surface area contributed by atoms with Crippen LogP contribution in [-0.2, 0) is 16.0 Å². The third-order valence-corrected chi connectivity index (χ3v) is 2.47. The third-order valence-electron chi connectivity index (χ3n) is 2.47. The Labute approximate surface area is 99.4 Å². The van der Waals surface area contributed by atoms with E-state index in [1.54, 1.807) is 19.4 Å². The van der Waals surface area contributed by atoms with Crippen LogP contribution in [0.4, 0.5) is 0 Å². The SMILES string of the molecule is CC(CCC(=O)O)C(=O)NCCc1c[nH]cn1. The molecule has 0 aromatic carbocycles. The van der Waals surface area contributed by atoms with E-state index in [-0.39, 0.29) is 18.2 Å². The molecule has 1 aromatic rings. The first kappa shape index (κ1) is 13.2. The highest BCUT2D eigenvalue weighted by Gasteiger charge is 2.13. The lowest BCUT2D eigenvalue weighted by Gasteiger charge is -2.10. The molecule has 0 aliphatic carbocycles. The molecule has 0 radical (unpaired) electrons. The van der Waals surface area contributed by atoms with Crippen molar-refractivity contribution in [3.05, 3.63) is 18.2 Å². The van der Waals surface area contributed by atoms with Crippen LogP contribution >= 0.6 is 0 Å². The summed E-state index contributed by atoms with van der Waals surface area (Å²) < 4.78 is 0. The van der Waals surface area contributed by atoms with Gasteiger partial charge in [-0.25, -0.2) is 4.98 Å². The van der Waals surface area contributed by atoms with Crippen LogP contribution in [0.5, 0.6) is 0 Å². The number of hydrogen-bond acceptors (Lipinski definition) is 3. The van der Waals surface area contributed by atoms with Crippen molar-refractivity contribution in [2.75, 3.05) is 6.54 Å². The van der Waals surface area contributed by atoms with Gasteiger partial charge in [-0.15, -0.1) is 0 Å². The molecule has 0 aliphatic heterocycles. The smallest absolute Gasteiger partial charge is 0.303 e. The molecule has 0 aliphatic rings. The maximum absolute atomic E-state index is 11.6. The van der Waals surface area contributed by atoms with Gasteiger partial charge in [-0.3, -0.25) is 9.59 Å². The van der Waals surface area contributed by atoms with Gasteiger partial charge in [-0.1, -0.05) is 6.92 Å². The molecule has 1 atom stereocenters. The molecule has 0 bridgehead atoms. The maximum atomic E-state index is 11.6. The summed E-state index contributed by atoms with van der Waals surface area (Å²) in [7, 11) is 0. The molecule has 17 heavy (non-hydrogen) atoms. The Morgan fingerprint density at radius 3 is 2.94 bits per heavy atom. The van der Waals surface area contributed by atoms with E-state index in [2.05, 4.69) is 15.3 Å². The average molecular weight is 239 g/mol. The molecule has 6 heteroatoms. The molecule has 1 amide bonds. The van der Waals surface area contributed by atoms with E-state index in [1.807, 2.05) is 0 Å². The highest BCUT2D eigenvalue weighted by Crippen LogP contribution is 2.05. The maximum Gasteiger partial charge on any atom is 0.303 e. The van der Waals surface area contributed by atoms with Gasteiger partial charge in [0.15, 0.2) is 0 Å². The second kappa shape index (κ2) is 6.67. The Morgan fingerprint density at radius 1 is 1.59 bits per heavy atom. The van der Waals surface area contributed by atoms with Crippen molar-refractivity contribution in [1.29, 1.82) is 0 Å². The van der Waals surface area contributed by atoms with E-state index in [0.717, 1.165) is 5.69 Å². The molecule has 0 saturated heterocycles. The summed E-state index contributed by atoms with van der Waals surface area (Å²) in [6.07, 6.45) is 4.42. The molecule has 0 fully saturated rings. The summed E-state index contributed by atoms with van der Waals surface area (Å²) in [6, 6.07) is 0. The molecule has 1 heterocycles. The van der Waals surface area contributed by atoms with Gasteiger partial charge in [0.25, 0.3) is 0 Å². The molecule has 1 rings (SSSR count). The molecule has 94 valence electrons. The number of nitrogens with zero attached hydrogens (tertiary/aromatic N) is 1. The normalized spacial score (nSPS) is 12.1. The van der Waals surface area contributed by atoms with Gasteiger partial charge in [-0.2, -0.15) is 0 Å². The second-order valence-electron chi connectivity index (χ2n) is 3.94. The Hall–Kier alpha value is -1.85. The standard InChI is InChI=1S/C11H17N3O3/c1-8(2-3-10(15)16)11(17)13-5-4-9-6-12-7-14-9/h6-8H,2-5H2,1H3,(H,12,14)(H,13,17)(H,15,16). The third kappa shape index (κ3) is 5.14. The Balaban J connectivity index is 2.17. The van der Waals surface area contributed by atoms with Crippen LogP contribution in [0.15, 0.2) is 12.5 Å². The predicted molar refractivity (Wildman–Crippen MR) is 61.3 cm³/mol. The zero-order valence-electron chi connectivity index (χ0n) is 9.77. The Morgan fingerprint density at radius 2 is 2.35 bits per heavy atom. The van der Waals surface area contributed by atoms with Gasteiger partial charge < -0.3 is 15.4 Å². The number of carbonyl (C=O) groups excluding carboxylic acids is 1. The summed E-state index contributed by atoms with van der Waals surface area (Å²) in [5, 5.41) is 11.3. The fourth-order valence-corrected chi connectivity index (χ4v) is 1.39. The largest absolute Gasteiger partial charge is 0.481 e. The molecule has 6 nitrogen and oxygen atoms in total. The summed E-state index contributed by atoms with van der Waals surface area (Å²) in [6.45, 7) is 2.24. The van der Waals surface area contributed by atoms with Gasteiger partial charge in [0.2, 0.25) is 5.91 Å². The van der Waals surface area contributed by atoms with Crippen LogP contribution in [-0.4, -0.2) is 33.5 Å². The zero-order valence-corrected chi connectivity index (χ0v) is 9.77. The lowest BCUT2D eigenvalue weighted by Crippen LogP contribution is -2.31. The molecular formula is C11H17N3O3. The van der Waals surface area contributed by atoms with E-state index >= 15 is 0 Å². The number of carboxylic acid groups (broad SMARTS) is 1. The van der Waals surface area contributed by atoms with Crippen molar-refractivity contribution in [2.24, 2.45) is 5.92 Å². The number of aliphatic carboxylic acids is 1. The van der Waals surface area contributed by atoms with E-state index in [9.17, 15) is 9.59 Å². The van der Waals surface area contributed by atoms with Crippen molar-refractivity contribution in [3.8, 4) is 0 Å². The van der Waals surface area contributed by atoms with Gasteiger partial charge in [-0.05, 0) is 6.42 Å². The average Bonchev–Trinajstić information content (AvgIpc) is 2.78. The summed E-state index contributed by atoms with van der Waals surface area (Å²) in [5.41, 5.74) is 0.892. The van der Waals surface area contributed by atoms with Crippen LogP contribution in [0.25, 0.3) is 0 Å². The van der Waals surface area contributed by atoms with Crippen molar-refractivity contribution in [1.82, 2.24) is 15.3 Å². The minimum atomic E-state index is -0.874. The zero-order chi connectivity index (χ0) is 12.7. The monoisotopic (exact) mass is 239 g/mol. The number of amides is 1. The fourth-order valence-electron chi connectivity index (χ4n) is 1.39. The second-order valence-corrected chi connectivity index (χ2v) is 3.94. The van der Waals surface area contributed by atoms with E-state index in [4.69, 9.17) is 5.11 Å². The number of carboxylic acids is 1. The van der Waals surface area contributed by atoms with E-state index < -0.39 is 5.97 Å². The molecule has 0 saturated carbocycles. The molecule has 1 unspecified atom stereocenters. The fraction of sp³-hybridized carbons (Fsp3) is 0.545. The Bertz CT molecular complexity index is 362.